The van der Waals surface area contributed by atoms with Crippen molar-refractivity contribution in [2.24, 2.45) is 5.84 Å². The van der Waals surface area contributed by atoms with Gasteiger partial charge in [-0.2, -0.15) is 0 Å². The molecule has 88 valence electrons. The largest absolute Gasteiger partial charge is 0.438 e. The fraction of sp³-hybridized carbons (Fsp3) is 0.0909. The summed E-state index contributed by atoms with van der Waals surface area (Å²) in [7, 11) is 0. The monoisotopic (exact) mass is 294 g/mol. The second kappa shape index (κ2) is 5.11. The number of nitrogen functional groups attached to an aromatic ring is 1. The van der Waals surface area contributed by atoms with Crippen LogP contribution in [0.3, 0.4) is 0 Å². The zero-order chi connectivity index (χ0) is 12.3. The molecule has 0 atom stereocenters. The maximum absolute atomic E-state index is 5.61. The van der Waals surface area contributed by atoms with Gasteiger partial charge in [0.05, 0.1) is 4.47 Å². The molecule has 1 aromatic heterocycles. The van der Waals surface area contributed by atoms with E-state index in [9.17, 15) is 0 Å². The molecule has 0 radical (unpaired) electrons. The van der Waals surface area contributed by atoms with Gasteiger partial charge in [0.15, 0.2) is 0 Å². The standard InChI is InChI=1S/C11H11BrN4O/c1-7-2-3-9(8(12)4-7)17-11-5-10(16-13)14-6-15-11/h2-6H,13H2,1H3,(H,14,15,16). The topological polar surface area (TPSA) is 73.1 Å². The smallest absolute Gasteiger partial charge is 0.224 e. The van der Waals surface area contributed by atoms with Crippen molar-refractivity contribution in [1.29, 1.82) is 0 Å². The summed E-state index contributed by atoms with van der Waals surface area (Å²) < 4.78 is 6.49. The minimum absolute atomic E-state index is 0.428. The Hall–Kier alpha value is -1.66. The van der Waals surface area contributed by atoms with Gasteiger partial charge in [-0.3, -0.25) is 0 Å². The van der Waals surface area contributed by atoms with Crippen LogP contribution in [0.5, 0.6) is 11.6 Å². The van der Waals surface area contributed by atoms with Gasteiger partial charge in [0.1, 0.15) is 17.9 Å². The van der Waals surface area contributed by atoms with Crippen molar-refractivity contribution < 1.29 is 4.74 Å². The predicted octanol–water partition coefficient (Wildman–Crippen LogP) is 2.63. The summed E-state index contributed by atoms with van der Waals surface area (Å²) in [5.41, 5.74) is 3.58. The van der Waals surface area contributed by atoms with E-state index in [4.69, 9.17) is 10.6 Å². The number of benzene rings is 1. The van der Waals surface area contributed by atoms with Crippen LogP contribution in [0.25, 0.3) is 0 Å². The number of hydrogen-bond donors (Lipinski definition) is 2. The van der Waals surface area contributed by atoms with Gasteiger partial charge in [0.2, 0.25) is 5.88 Å². The molecule has 5 nitrogen and oxygen atoms in total. The number of aromatic nitrogens is 2. The molecule has 2 rings (SSSR count). The molecular formula is C11H11BrN4O. The van der Waals surface area contributed by atoms with E-state index in [1.165, 1.54) is 6.33 Å². The number of aryl methyl sites for hydroxylation is 1. The van der Waals surface area contributed by atoms with Gasteiger partial charge in [0, 0.05) is 6.07 Å². The second-order valence-electron chi connectivity index (χ2n) is 3.42. The molecule has 0 fully saturated rings. The summed E-state index contributed by atoms with van der Waals surface area (Å²) in [5.74, 6) is 6.88. The SMILES string of the molecule is Cc1ccc(Oc2cc(NN)ncn2)c(Br)c1. The first-order chi connectivity index (χ1) is 8.19. The summed E-state index contributed by atoms with van der Waals surface area (Å²) in [4.78, 5) is 7.89. The van der Waals surface area contributed by atoms with Crippen LogP contribution >= 0.6 is 15.9 Å². The normalized spacial score (nSPS) is 10.1. The molecule has 0 aliphatic rings. The average Bonchev–Trinajstić information content (AvgIpc) is 2.33. The lowest BCUT2D eigenvalue weighted by Gasteiger charge is -2.08. The minimum Gasteiger partial charge on any atom is -0.438 e. The Morgan fingerprint density at radius 2 is 2.12 bits per heavy atom. The molecule has 0 amide bonds. The zero-order valence-corrected chi connectivity index (χ0v) is 10.7. The zero-order valence-electron chi connectivity index (χ0n) is 9.14. The van der Waals surface area contributed by atoms with E-state index in [-0.39, 0.29) is 0 Å². The van der Waals surface area contributed by atoms with Gasteiger partial charge in [-0.05, 0) is 40.5 Å². The molecule has 0 saturated carbocycles. The summed E-state index contributed by atoms with van der Waals surface area (Å²) in [5, 5.41) is 0. The number of anilines is 1. The summed E-state index contributed by atoms with van der Waals surface area (Å²) in [6.45, 7) is 2.01. The molecule has 0 aliphatic carbocycles. The molecule has 0 aliphatic heterocycles. The van der Waals surface area contributed by atoms with Gasteiger partial charge in [-0.1, -0.05) is 6.07 Å². The Kier molecular flexibility index (Phi) is 3.55. The molecule has 0 spiro atoms. The Labute approximate surface area is 107 Å². The Bertz CT molecular complexity index is 533. The number of ether oxygens (including phenoxy) is 1. The summed E-state index contributed by atoms with van der Waals surface area (Å²) >= 11 is 3.43. The molecule has 0 unspecified atom stereocenters. The van der Waals surface area contributed by atoms with Crippen molar-refractivity contribution in [3.8, 4) is 11.6 Å². The van der Waals surface area contributed by atoms with Crippen LogP contribution in [0.15, 0.2) is 35.1 Å². The van der Waals surface area contributed by atoms with Gasteiger partial charge in [-0.25, -0.2) is 15.8 Å². The first-order valence-electron chi connectivity index (χ1n) is 4.91. The lowest BCUT2D eigenvalue weighted by Crippen LogP contribution is -2.08. The first kappa shape index (κ1) is 11.8. The Morgan fingerprint density at radius 3 is 2.82 bits per heavy atom. The van der Waals surface area contributed by atoms with Crippen molar-refractivity contribution in [3.05, 3.63) is 40.6 Å². The molecule has 17 heavy (non-hydrogen) atoms. The van der Waals surface area contributed by atoms with E-state index in [1.54, 1.807) is 6.07 Å². The van der Waals surface area contributed by atoms with Gasteiger partial charge >= 0.3 is 0 Å². The van der Waals surface area contributed by atoms with Crippen molar-refractivity contribution in [3.63, 3.8) is 0 Å². The maximum Gasteiger partial charge on any atom is 0.224 e. The minimum atomic E-state index is 0.428. The van der Waals surface area contributed by atoms with E-state index in [2.05, 4.69) is 31.3 Å². The van der Waals surface area contributed by atoms with E-state index in [0.717, 1.165) is 10.0 Å². The highest BCUT2D eigenvalue weighted by molar-refractivity contribution is 9.10. The lowest BCUT2D eigenvalue weighted by molar-refractivity contribution is 0.459. The van der Waals surface area contributed by atoms with Crippen LogP contribution in [0.1, 0.15) is 5.56 Å². The first-order valence-corrected chi connectivity index (χ1v) is 5.71. The van der Waals surface area contributed by atoms with Crippen molar-refractivity contribution in [2.75, 3.05) is 5.43 Å². The third kappa shape index (κ3) is 2.92. The molecule has 6 heteroatoms. The molecule has 3 N–H and O–H groups in total. The van der Waals surface area contributed by atoms with E-state index < -0.39 is 0 Å². The summed E-state index contributed by atoms with van der Waals surface area (Å²) in [6, 6.07) is 7.42. The van der Waals surface area contributed by atoms with Gasteiger partial charge in [0.25, 0.3) is 0 Å². The number of halogens is 1. The van der Waals surface area contributed by atoms with Crippen LogP contribution in [0, 0.1) is 6.92 Å². The van der Waals surface area contributed by atoms with Crippen molar-refractivity contribution in [2.45, 2.75) is 6.92 Å². The highest BCUT2D eigenvalue weighted by Crippen LogP contribution is 2.29. The van der Waals surface area contributed by atoms with Crippen molar-refractivity contribution >= 4 is 21.7 Å². The molecule has 0 bridgehead atoms. The lowest BCUT2D eigenvalue weighted by atomic mass is 10.2. The van der Waals surface area contributed by atoms with Gasteiger partial charge in [-0.15, -0.1) is 0 Å². The average molecular weight is 295 g/mol. The van der Waals surface area contributed by atoms with E-state index in [0.29, 0.717) is 17.4 Å². The number of hydrazine groups is 1. The van der Waals surface area contributed by atoms with Crippen LogP contribution < -0.4 is 16.0 Å². The van der Waals surface area contributed by atoms with Gasteiger partial charge < -0.3 is 10.2 Å². The number of rotatable bonds is 3. The Balaban J connectivity index is 2.25. The van der Waals surface area contributed by atoms with E-state index >= 15 is 0 Å². The predicted molar refractivity (Wildman–Crippen MR) is 68.8 cm³/mol. The molecule has 1 heterocycles. The van der Waals surface area contributed by atoms with E-state index in [1.807, 2.05) is 25.1 Å². The third-order valence-electron chi connectivity index (χ3n) is 2.09. The molecule has 2 aromatic rings. The second-order valence-corrected chi connectivity index (χ2v) is 4.28. The number of nitrogens with two attached hydrogens (primary N) is 1. The van der Waals surface area contributed by atoms with Crippen LogP contribution in [0.2, 0.25) is 0 Å². The number of nitrogens with zero attached hydrogens (tertiary/aromatic N) is 2. The molecular weight excluding hydrogens is 284 g/mol. The van der Waals surface area contributed by atoms with Crippen LogP contribution in [0.4, 0.5) is 5.82 Å². The number of hydrogen-bond acceptors (Lipinski definition) is 5. The molecule has 0 saturated heterocycles. The fourth-order valence-electron chi connectivity index (χ4n) is 1.28. The highest BCUT2D eigenvalue weighted by atomic mass is 79.9. The maximum atomic E-state index is 5.61. The van der Waals surface area contributed by atoms with Crippen LogP contribution in [-0.2, 0) is 0 Å². The number of nitrogens with one attached hydrogen (secondary N) is 1. The molecule has 1 aromatic carbocycles. The quantitative estimate of drug-likeness (QED) is 0.672. The highest BCUT2D eigenvalue weighted by Gasteiger charge is 2.04. The third-order valence-corrected chi connectivity index (χ3v) is 2.71. The fourth-order valence-corrected chi connectivity index (χ4v) is 1.85. The van der Waals surface area contributed by atoms with Crippen LogP contribution in [-0.4, -0.2) is 9.97 Å². The summed E-state index contributed by atoms with van der Waals surface area (Å²) in [6.07, 6.45) is 1.38. The van der Waals surface area contributed by atoms with Crippen molar-refractivity contribution in [1.82, 2.24) is 9.97 Å². The Morgan fingerprint density at radius 1 is 1.29 bits per heavy atom.